The van der Waals surface area contributed by atoms with Gasteiger partial charge in [-0.1, -0.05) is 72.8 Å². The quantitative estimate of drug-likeness (QED) is 0.188. The summed E-state index contributed by atoms with van der Waals surface area (Å²) in [6.45, 7) is 0. The van der Waals surface area contributed by atoms with E-state index in [1.807, 2.05) is 30.3 Å². The van der Waals surface area contributed by atoms with E-state index in [4.69, 9.17) is 0 Å². The van der Waals surface area contributed by atoms with Gasteiger partial charge in [-0.15, -0.1) is 0 Å². The van der Waals surface area contributed by atoms with Gasteiger partial charge >= 0.3 is 76.8 Å². The Bertz CT molecular complexity index is 1620. The topological polar surface area (TPSA) is 116 Å². The number of carbonyl (C=O) groups excluding carboxylic acids is 1. The van der Waals surface area contributed by atoms with Crippen LogP contribution in [0.2, 0.25) is 0 Å². The van der Waals surface area contributed by atoms with Crippen molar-refractivity contribution in [1.29, 1.82) is 0 Å². The summed E-state index contributed by atoms with van der Waals surface area (Å²) in [7, 11) is 0. The van der Waals surface area contributed by atoms with Gasteiger partial charge in [-0.2, -0.15) is 0 Å². The van der Waals surface area contributed by atoms with Gasteiger partial charge in [0.05, 0.1) is 5.56 Å². The first-order valence-electron chi connectivity index (χ1n) is 10.8. The SMILES string of the molecule is O=C(O)C1=C/C(=C(/c2ccccc2)c2cc(C(=O)O)c(O)c3ccccc23)c2ccccc2C1=[OH+].[Na+].[Na+]. The Labute approximate surface area is 256 Å². The van der Waals surface area contributed by atoms with Gasteiger partial charge in [0.25, 0.3) is 0 Å². The van der Waals surface area contributed by atoms with E-state index in [0.717, 1.165) is 0 Å². The van der Waals surface area contributed by atoms with Crippen molar-refractivity contribution >= 4 is 39.6 Å². The fourth-order valence-corrected chi connectivity index (χ4v) is 4.52. The zero-order valence-electron chi connectivity index (χ0n) is 20.3. The third-order valence-electron chi connectivity index (χ3n) is 6.09. The molecule has 0 heterocycles. The summed E-state index contributed by atoms with van der Waals surface area (Å²) in [6, 6.07) is 24.4. The Hall–Kier alpha value is -2.97. The normalized spacial score (nSPS) is 13.5. The van der Waals surface area contributed by atoms with Crippen molar-refractivity contribution in [2.75, 3.05) is 0 Å². The first-order chi connectivity index (χ1) is 16.9. The molecule has 4 aromatic rings. The summed E-state index contributed by atoms with van der Waals surface area (Å²) in [6.07, 6.45) is 1.41. The molecule has 0 radical (unpaired) electrons. The largest absolute Gasteiger partial charge is 1.00 e. The second-order valence-corrected chi connectivity index (χ2v) is 8.08. The van der Waals surface area contributed by atoms with E-state index in [0.29, 0.717) is 44.2 Å². The van der Waals surface area contributed by atoms with Crippen LogP contribution in [0.1, 0.15) is 32.6 Å². The number of aromatic hydroxyl groups is 1. The van der Waals surface area contributed by atoms with Gasteiger partial charge in [0.2, 0.25) is 0 Å². The van der Waals surface area contributed by atoms with Crippen LogP contribution in [0.4, 0.5) is 0 Å². The molecular weight excluding hydrogens is 490 g/mol. The molecule has 5 rings (SSSR count). The third kappa shape index (κ3) is 5.09. The van der Waals surface area contributed by atoms with Crippen LogP contribution in [-0.4, -0.2) is 37.8 Å². The number of hydrogen-bond donors (Lipinski definition) is 3. The minimum Gasteiger partial charge on any atom is -0.506 e. The molecule has 0 aliphatic heterocycles. The van der Waals surface area contributed by atoms with E-state index in [2.05, 4.69) is 0 Å². The van der Waals surface area contributed by atoms with Gasteiger partial charge in [-0.05, 0) is 51.4 Å². The van der Waals surface area contributed by atoms with Crippen molar-refractivity contribution < 1.29 is 88.8 Å². The molecular formula is C29H19Na2O6+3. The summed E-state index contributed by atoms with van der Waals surface area (Å²) >= 11 is 0. The van der Waals surface area contributed by atoms with Gasteiger partial charge in [-0.25, -0.2) is 9.59 Å². The summed E-state index contributed by atoms with van der Waals surface area (Å²) < 4.78 is 0. The van der Waals surface area contributed by atoms with Crippen LogP contribution in [0.15, 0.2) is 96.6 Å². The van der Waals surface area contributed by atoms with E-state index in [9.17, 15) is 29.7 Å². The summed E-state index contributed by atoms with van der Waals surface area (Å²) in [5.41, 5.74) is 2.72. The molecule has 8 heteroatoms. The molecule has 0 spiro atoms. The number of carboxylic acid groups (broad SMARTS) is 2. The number of ketones is 1. The fraction of sp³-hybridized carbons (Fsp3) is 0. The number of phenols is 1. The first-order valence-corrected chi connectivity index (χ1v) is 10.8. The second-order valence-electron chi connectivity index (χ2n) is 8.08. The van der Waals surface area contributed by atoms with Crippen molar-refractivity contribution in [2.45, 2.75) is 0 Å². The number of benzene rings is 4. The van der Waals surface area contributed by atoms with Crippen LogP contribution >= 0.6 is 0 Å². The molecule has 37 heavy (non-hydrogen) atoms. The van der Waals surface area contributed by atoms with Crippen molar-refractivity contribution in [1.82, 2.24) is 0 Å². The molecule has 0 fully saturated rings. The summed E-state index contributed by atoms with van der Waals surface area (Å²) in [5.74, 6) is -3.26. The van der Waals surface area contributed by atoms with E-state index in [-0.39, 0.29) is 81.8 Å². The molecule has 4 N–H and O–H groups in total. The Morgan fingerprint density at radius 2 is 1.24 bits per heavy atom. The summed E-state index contributed by atoms with van der Waals surface area (Å²) in [4.78, 5) is 34.8. The van der Waals surface area contributed by atoms with Crippen molar-refractivity contribution in [3.05, 3.63) is 124 Å². The van der Waals surface area contributed by atoms with Gasteiger partial charge in [0.1, 0.15) is 11.3 Å². The van der Waals surface area contributed by atoms with Crippen LogP contribution in [0.5, 0.6) is 5.75 Å². The van der Waals surface area contributed by atoms with E-state index >= 15 is 0 Å². The van der Waals surface area contributed by atoms with Gasteiger partial charge in [0.15, 0.2) is 5.57 Å². The van der Waals surface area contributed by atoms with Crippen LogP contribution in [-0.2, 0) is 4.79 Å². The molecule has 0 amide bonds. The molecule has 6 nitrogen and oxygen atoms in total. The van der Waals surface area contributed by atoms with E-state index in [1.165, 1.54) is 12.1 Å². The van der Waals surface area contributed by atoms with E-state index < -0.39 is 11.9 Å². The smallest absolute Gasteiger partial charge is 0.506 e. The predicted octanol–water partition coefficient (Wildman–Crippen LogP) is -0.872. The monoisotopic (exact) mass is 509 g/mol. The number of allylic oxidation sites excluding steroid dienone is 2. The number of fused-ring (bicyclic) bond motifs is 2. The van der Waals surface area contributed by atoms with Crippen molar-refractivity contribution in [3.63, 3.8) is 0 Å². The van der Waals surface area contributed by atoms with Crippen LogP contribution in [0, 0.1) is 0 Å². The Kier molecular flexibility index (Phi) is 8.97. The van der Waals surface area contributed by atoms with Crippen LogP contribution in [0.3, 0.4) is 0 Å². The van der Waals surface area contributed by atoms with E-state index in [1.54, 1.807) is 48.5 Å². The predicted molar refractivity (Wildman–Crippen MR) is 133 cm³/mol. The standard InChI is InChI=1S/C29H18O6.2Na/c30-26-19-12-6-4-10-17(19)21(14-23(26)28(32)33)25(16-8-2-1-3-9-16)22-15-24(29(34)35)27(31)20-13-7-5-11-18(20)22;;/h1-15,30H,(H,32,33)(H,34,35);;/q;2*+1/p+1/b25-22+;;. The molecule has 0 bridgehead atoms. The van der Waals surface area contributed by atoms with Crippen molar-refractivity contribution in [2.24, 2.45) is 0 Å². The number of carboxylic acids is 2. The number of rotatable bonds is 4. The maximum atomic E-state index is 12.0. The Morgan fingerprint density at radius 3 is 1.86 bits per heavy atom. The molecule has 170 valence electrons. The van der Waals surface area contributed by atoms with Crippen LogP contribution < -0.4 is 59.1 Å². The van der Waals surface area contributed by atoms with Crippen molar-refractivity contribution in [3.8, 4) is 5.75 Å². The summed E-state index contributed by atoms with van der Waals surface area (Å²) in [5, 5.41) is 31.3. The Morgan fingerprint density at radius 1 is 0.676 bits per heavy atom. The minimum absolute atomic E-state index is 0. The third-order valence-corrected chi connectivity index (χ3v) is 6.09. The molecule has 0 atom stereocenters. The zero-order valence-corrected chi connectivity index (χ0v) is 24.3. The number of carbonyl (C=O) groups is 2. The molecule has 4 aromatic carbocycles. The Balaban J connectivity index is 0.00000190. The minimum atomic E-state index is -1.29. The molecule has 0 aromatic heterocycles. The number of aromatic carboxylic acids is 1. The van der Waals surface area contributed by atoms with Gasteiger partial charge < -0.3 is 15.3 Å². The second kappa shape index (κ2) is 11.6. The molecule has 0 saturated heterocycles. The number of aliphatic carboxylic acids is 1. The van der Waals surface area contributed by atoms with Crippen LogP contribution in [0.25, 0.3) is 21.9 Å². The number of hydrogen-bond acceptors (Lipinski definition) is 3. The average Bonchev–Trinajstić information content (AvgIpc) is 2.87. The van der Waals surface area contributed by atoms with Gasteiger partial charge in [-0.3, -0.25) is 4.79 Å². The van der Waals surface area contributed by atoms with Gasteiger partial charge in [0, 0.05) is 5.39 Å². The zero-order chi connectivity index (χ0) is 24.7. The first kappa shape index (κ1) is 28.6. The maximum absolute atomic E-state index is 12.0. The average molecular weight is 509 g/mol. The molecule has 1 aliphatic rings. The molecule has 0 saturated carbocycles. The molecule has 0 unspecified atom stereocenters. The fourth-order valence-electron chi connectivity index (χ4n) is 4.52. The maximum Gasteiger partial charge on any atom is 1.00 e. The molecule has 1 aliphatic carbocycles.